The molecule has 0 N–H and O–H groups in total. The van der Waals surface area contributed by atoms with Gasteiger partial charge in [-0.2, -0.15) is 0 Å². The van der Waals surface area contributed by atoms with Gasteiger partial charge < -0.3 is 9.80 Å². The highest BCUT2D eigenvalue weighted by Gasteiger charge is 2.39. The van der Waals surface area contributed by atoms with E-state index >= 15 is 0 Å². The number of benzene rings is 2. The maximum Gasteiger partial charge on any atom is 0.230 e. The van der Waals surface area contributed by atoms with Crippen LogP contribution < -0.4 is 4.90 Å². The second kappa shape index (κ2) is 7.28. The lowest BCUT2D eigenvalue weighted by molar-refractivity contribution is -0.133. The van der Waals surface area contributed by atoms with Gasteiger partial charge in [-0.05, 0) is 60.7 Å². The minimum absolute atomic E-state index is 0.0513. The van der Waals surface area contributed by atoms with Crippen LogP contribution in [0.3, 0.4) is 0 Å². The van der Waals surface area contributed by atoms with E-state index in [1.807, 2.05) is 29.2 Å². The van der Waals surface area contributed by atoms with Gasteiger partial charge in [0.2, 0.25) is 5.91 Å². The molecule has 4 rings (SSSR count). The summed E-state index contributed by atoms with van der Waals surface area (Å²) >= 11 is 6.00. The molecular weight excluding hydrogens is 351 g/mol. The van der Waals surface area contributed by atoms with Crippen molar-refractivity contribution < 1.29 is 9.18 Å². The number of hydrogen-bond donors (Lipinski definition) is 0. The van der Waals surface area contributed by atoms with E-state index in [1.54, 1.807) is 12.1 Å². The Morgan fingerprint density at radius 3 is 2.15 bits per heavy atom. The van der Waals surface area contributed by atoms with Gasteiger partial charge in [-0.15, -0.1) is 0 Å². The number of amides is 1. The predicted molar refractivity (Wildman–Crippen MR) is 102 cm³/mol. The molecule has 1 aliphatic heterocycles. The molecule has 1 unspecified atom stereocenters. The van der Waals surface area contributed by atoms with Crippen LogP contribution in [0.2, 0.25) is 5.02 Å². The number of nitrogens with zero attached hydrogens (tertiary/aromatic N) is 2. The molecular formula is C21H22ClFN2O. The molecule has 1 atom stereocenters. The monoisotopic (exact) mass is 372 g/mol. The van der Waals surface area contributed by atoms with Gasteiger partial charge in [-0.25, -0.2) is 4.39 Å². The summed E-state index contributed by atoms with van der Waals surface area (Å²) in [7, 11) is 0. The molecule has 136 valence electrons. The fraction of sp³-hybridized carbons (Fsp3) is 0.381. The molecule has 2 aliphatic rings. The van der Waals surface area contributed by atoms with Gasteiger partial charge in [-0.1, -0.05) is 23.7 Å². The van der Waals surface area contributed by atoms with E-state index in [4.69, 9.17) is 11.6 Å². The average Bonchev–Trinajstić information content (AvgIpc) is 3.49. The fourth-order valence-electron chi connectivity index (χ4n) is 3.75. The van der Waals surface area contributed by atoms with Crippen LogP contribution in [0.4, 0.5) is 10.1 Å². The third-order valence-corrected chi connectivity index (χ3v) is 5.62. The molecule has 1 aliphatic carbocycles. The largest absolute Gasteiger partial charge is 0.368 e. The standard InChI is InChI=1S/C21H22ClFN2O/c22-17-5-3-16(4-6-17)20(15-1-2-15)21(26)25-13-11-24(12-14-25)19-9-7-18(23)8-10-19/h3-10,15,20H,1-2,11-14H2. The smallest absolute Gasteiger partial charge is 0.230 e. The summed E-state index contributed by atoms with van der Waals surface area (Å²) < 4.78 is 13.1. The van der Waals surface area contributed by atoms with Crippen molar-refractivity contribution >= 4 is 23.2 Å². The summed E-state index contributed by atoms with van der Waals surface area (Å²) in [5.41, 5.74) is 2.08. The van der Waals surface area contributed by atoms with Crippen molar-refractivity contribution in [3.63, 3.8) is 0 Å². The molecule has 2 aromatic rings. The molecule has 0 aromatic heterocycles. The van der Waals surface area contributed by atoms with Crippen molar-refractivity contribution in [2.45, 2.75) is 18.8 Å². The molecule has 3 nitrogen and oxygen atoms in total. The Morgan fingerprint density at radius 2 is 1.58 bits per heavy atom. The van der Waals surface area contributed by atoms with E-state index in [0.717, 1.165) is 37.2 Å². The Kier molecular flexibility index (Phi) is 4.86. The molecule has 1 amide bonds. The summed E-state index contributed by atoms with van der Waals surface area (Å²) in [4.78, 5) is 17.4. The highest BCUT2D eigenvalue weighted by atomic mass is 35.5. The van der Waals surface area contributed by atoms with Crippen LogP contribution in [0, 0.1) is 11.7 Å². The van der Waals surface area contributed by atoms with Crippen molar-refractivity contribution in [2.75, 3.05) is 31.1 Å². The Hall–Kier alpha value is -2.07. The highest BCUT2D eigenvalue weighted by Crippen LogP contribution is 2.44. The van der Waals surface area contributed by atoms with Crippen LogP contribution in [-0.2, 0) is 4.79 Å². The fourth-order valence-corrected chi connectivity index (χ4v) is 3.88. The molecule has 1 saturated carbocycles. The van der Waals surface area contributed by atoms with Gasteiger partial charge in [0.1, 0.15) is 5.82 Å². The van der Waals surface area contributed by atoms with Crippen LogP contribution in [0.15, 0.2) is 48.5 Å². The molecule has 1 saturated heterocycles. The Morgan fingerprint density at radius 1 is 0.962 bits per heavy atom. The van der Waals surface area contributed by atoms with Crippen molar-refractivity contribution in [1.82, 2.24) is 4.90 Å². The number of halogens is 2. The molecule has 5 heteroatoms. The van der Waals surface area contributed by atoms with E-state index in [1.165, 1.54) is 12.1 Å². The van der Waals surface area contributed by atoms with Crippen LogP contribution in [-0.4, -0.2) is 37.0 Å². The molecule has 0 spiro atoms. The maximum atomic E-state index is 13.2. The molecule has 26 heavy (non-hydrogen) atoms. The lowest BCUT2D eigenvalue weighted by Crippen LogP contribution is -2.50. The van der Waals surface area contributed by atoms with Gasteiger partial charge in [-0.3, -0.25) is 4.79 Å². The van der Waals surface area contributed by atoms with E-state index in [-0.39, 0.29) is 17.6 Å². The quantitative estimate of drug-likeness (QED) is 0.797. The maximum absolute atomic E-state index is 13.2. The number of anilines is 1. The van der Waals surface area contributed by atoms with Crippen LogP contribution in [0.25, 0.3) is 0 Å². The zero-order valence-electron chi connectivity index (χ0n) is 14.6. The van der Waals surface area contributed by atoms with Crippen molar-refractivity contribution in [3.05, 3.63) is 64.9 Å². The predicted octanol–water partition coefficient (Wildman–Crippen LogP) is 4.32. The minimum Gasteiger partial charge on any atom is -0.368 e. The van der Waals surface area contributed by atoms with Gasteiger partial charge in [0, 0.05) is 36.9 Å². The Bertz CT molecular complexity index is 766. The first kappa shape index (κ1) is 17.3. The Labute approximate surface area is 158 Å². The van der Waals surface area contributed by atoms with Gasteiger partial charge in [0.25, 0.3) is 0 Å². The van der Waals surface area contributed by atoms with Crippen molar-refractivity contribution in [2.24, 2.45) is 5.92 Å². The normalized spacial score (nSPS) is 18.7. The number of piperazine rings is 1. The van der Waals surface area contributed by atoms with Crippen LogP contribution in [0.5, 0.6) is 0 Å². The molecule has 0 bridgehead atoms. The van der Waals surface area contributed by atoms with E-state index in [0.29, 0.717) is 24.0 Å². The number of rotatable bonds is 4. The first-order chi connectivity index (χ1) is 12.6. The van der Waals surface area contributed by atoms with Gasteiger partial charge in [0.05, 0.1) is 5.92 Å². The van der Waals surface area contributed by atoms with Crippen LogP contribution in [0.1, 0.15) is 24.3 Å². The molecule has 2 aromatic carbocycles. The van der Waals surface area contributed by atoms with Crippen molar-refractivity contribution in [1.29, 1.82) is 0 Å². The Balaban J connectivity index is 1.43. The van der Waals surface area contributed by atoms with E-state index < -0.39 is 0 Å². The number of carbonyl (C=O) groups is 1. The molecule has 2 fully saturated rings. The lowest BCUT2D eigenvalue weighted by Gasteiger charge is -2.37. The summed E-state index contributed by atoms with van der Waals surface area (Å²) in [6.07, 6.45) is 2.24. The first-order valence-electron chi connectivity index (χ1n) is 9.16. The minimum atomic E-state index is -0.224. The van der Waals surface area contributed by atoms with Crippen molar-refractivity contribution in [3.8, 4) is 0 Å². The van der Waals surface area contributed by atoms with Gasteiger partial charge in [0.15, 0.2) is 0 Å². The SMILES string of the molecule is O=C(C(c1ccc(Cl)cc1)C1CC1)N1CCN(c2ccc(F)cc2)CC1. The summed E-state index contributed by atoms with van der Waals surface area (Å²) in [6.45, 7) is 2.95. The zero-order valence-corrected chi connectivity index (χ0v) is 15.3. The topological polar surface area (TPSA) is 23.6 Å². The van der Waals surface area contributed by atoms with E-state index in [2.05, 4.69) is 4.90 Å². The first-order valence-corrected chi connectivity index (χ1v) is 9.54. The summed E-state index contributed by atoms with van der Waals surface area (Å²) in [5, 5.41) is 0.698. The molecule has 0 radical (unpaired) electrons. The summed E-state index contributed by atoms with van der Waals surface area (Å²) in [6, 6.07) is 14.3. The third kappa shape index (κ3) is 3.70. The van der Waals surface area contributed by atoms with Crippen LogP contribution >= 0.6 is 11.6 Å². The van der Waals surface area contributed by atoms with Gasteiger partial charge >= 0.3 is 0 Å². The lowest BCUT2D eigenvalue weighted by atomic mass is 9.92. The second-order valence-electron chi connectivity index (χ2n) is 7.16. The average molecular weight is 373 g/mol. The zero-order chi connectivity index (χ0) is 18.1. The number of hydrogen-bond acceptors (Lipinski definition) is 2. The third-order valence-electron chi connectivity index (χ3n) is 5.37. The number of carbonyl (C=O) groups excluding carboxylic acids is 1. The second-order valence-corrected chi connectivity index (χ2v) is 7.59. The van der Waals surface area contributed by atoms with E-state index in [9.17, 15) is 9.18 Å². The molecule has 1 heterocycles. The highest BCUT2D eigenvalue weighted by molar-refractivity contribution is 6.30. The summed E-state index contributed by atoms with van der Waals surface area (Å²) in [5.74, 6) is 0.412.